The number of amides is 1. The number of rotatable bonds is 3. The van der Waals surface area contributed by atoms with Crippen LogP contribution in [0.25, 0.3) is 0 Å². The van der Waals surface area contributed by atoms with Crippen molar-refractivity contribution in [3.8, 4) is 0 Å². The summed E-state index contributed by atoms with van der Waals surface area (Å²) in [4.78, 5) is 23.6. The number of hydrogen-bond donors (Lipinski definition) is 1. The van der Waals surface area contributed by atoms with Crippen molar-refractivity contribution >= 4 is 11.9 Å². The van der Waals surface area contributed by atoms with Gasteiger partial charge in [0.1, 0.15) is 11.5 Å². The molecule has 0 saturated heterocycles. The van der Waals surface area contributed by atoms with E-state index < -0.39 is 47.5 Å². The van der Waals surface area contributed by atoms with E-state index in [9.17, 15) is 27.2 Å². The maximum atomic E-state index is 14.0. The number of hydrogen-bond acceptors (Lipinski definition) is 3. The molecule has 1 atom stereocenters. The first-order valence-electron chi connectivity index (χ1n) is 6.78. The van der Waals surface area contributed by atoms with Crippen molar-refractivity contribution in [3.63, 3.8) is 0 Å². The van der Waals surface area contributed by atoms with Gasteiger partial charge in [-0.2, -0.15) is 13.2 Å². The molecule has 0 radical (unpaired) electrons. The molecule has 23 heavy (non-hydrogen) atoms. The first-order valence-corrected chi connectivity index (χ1v) is 6.78. The number of carbonyl (C=O) groups excluding carboxylic acids is 2. The van der Waals surface area contributed by atoms with Crippen LogP contribution in [0.4, 0.5) is 17.6 Å². The third kappa shape index (κ3) is 3.52. The molecule has 8 heteroatoms. The van der Waals surface area contributed by atoms with Crippen LogP contribution in [-0.4, -0.2) is 24.7 Å². The van der Waals surface area contributed by atoms with Gasteiger partial charge in [-0.25, -0.2) is 9.18 Å². The Morgan fingerprint density at radius 2 is 2.00 bits per heavy atom. The average Bonchev–Trinajstić information content (AvgIpc) is 2.46. The molecule has 1 aromatic carbocycles. The third-order valence-corrected chi connectivity index (χ3v) is 3.33. The van der Waals surface area contributed by atoms with Gasteiger partial charge in [-0.15, -0.1) is 0 Å². The molecule has 0 bridgehead atoms. The number of halogens is 4. The van der Waals surface area contributed by atoms with Crippen LogP contribution in [0.1, 0.15) is 24.8 Å². The second kappa shape index (κ2) is 6.39. The van der Waals surface area contributed by atoms with Crippen LogP contribution in [0.5, 0.6) is 0 Å². The lowest BCUT2D eigenvalue weighted by atomic mass is 9.84. The minimum absolute atomic E-state index is 0.147. The van der Waals surface area contributed by atoms with Gasteiger partial charge in [-0.1, -0.05) is 18.2 Å². The first kappa shape index (κ1) is 17.0. The molecule has 1 amide bonds. The maximum Gasteiger partial charge on any atom is 0.431 e. The Labute approximate surface area is 129 Å². The topological polar surface area (TPSA) is 55.4 Å². The first-order chi connectivity index (χ1) is 10.8. The van der Waals surface area contributed by atoms with Gasteiger partial charge in [0, 0.05) is 12.3 Å². The van der Waals surface area contributed by atoms with Crippen molar-refractivity contribution in [1.29, 1.82) is 0 Å². The number of allylic oxidation sites excluding steroid dienone is 1. The molecule has 0 aliphatic carbocycles. The van der Waals surface area contributed by atoms with Gasteiger partial charge >= 0.3 is 12.1 Å². The molecule has 0 unspecified atom stereocenters. The van der Waals surface area contributed by atoms with Crippen LogP contribution in [0.3, 0.4) is 0 Å². The lowest BCUT2D eigenvalue weighted by Gasteiger charge is -2.28. The summed E-state index contributed by atoms with van der Waals surface area (Å²) in [7, 11) is 0. The van der Waals surface area contributed by atoms with Crippen LogP contribution in [0.15, 0.2) is 35.5 Å². The molecule has 0 spiro atoms. The number of ether oxygens (including phenoxy) is 1. The van der Waals surface area contributed by atoms with Gasteiger partial charge in [0.2, 0.25) is 5.91 Å². The van der Waals surface area contributed by atoms with E-state index in [-0.39, 0.29) is 12.2 Å². The molecule has 1 aliphatic heterocycles. The summed E-state index contributed by atoms with van der Waals surface area (Å²) in [5.41, 5.74) is -2.45. The summed E-state index contributed by atoms with van der Waals surface area (Å²) >= 11 is 0. The van der Waals surface area contributed by atoms with Crippen molar-refractivity contribution in [1.82, 2.24) is 5.32 Å². The third-order valence-electron chi connectivity index (χ3n) is 3.33. The highest BCUT2D eigenvalue weighted by Gasteiger charge is 2.46. The minimum atomic E-state index is -4.97. The molecule has 124 valence electrons. The Bertz CT molecular complexity index is 667. The van der Waals surface area contributed by atoms with E-state index >= 15 is 0 Å². The quantitative estimate of drug-likeness (QED) is 0.684. The van der Waals surface area contributed by atoms with E-state index in [0.29, 0.717) is 0 Å². The Balaban J connectivity index is 2.65. The summed E-state index contributed by atoms with van der Waals surface area (Å²) in [5, 5.41) is 1.66. The van der Waals surface area contributed by atoms with Crippen molar-refractivity contribution in [2.45, 2.75) is 25.4 Å². The number of benzene rings is 1. The summed E-state index contributed by atoms with van der Waals surface area (Å²) in [6, 6.07) is 5.07. The highest BCUT2D eigenvalue weighted by atomic mass is 19.4. The van der Waals surface area contributed by atoms with Crippen LogP contribution in [0, 0.1) is 5.82 Å². The van der Waals surface area contributed by atoms with Gasteiger partial charge in [0.05, 0.1) is 12.2 Å². The predicted molar refractivity (Wildman–Crippen MR) is 71.6 cm³/mol. The monoisotopic (exact) mass is 331 g/mol. The maximum absolute atomic E-state index is 14.0. The zero-order valence-electron chi connectivity index (χ0n) is 12.0. The Hall–Kier alpha value is -2.38. The van der Waals surface area contributed by atoms with E-state index in [1.54, 1.807) is 5.32 Å². The zero-order chi connectivity index (χ0) is 17.2. The SMILES string of the molecule is CCOC(=O)C1=C(C(F)(F)F)NC(=O)C[C@@H]1c1ccccc1F. The fourth-order valence-electron chi connectivity index (χ4n) is 2.42. The molecule has 4 nitrogen and oxygen atoms in total. The van der Waals surface area contributed by atoms with Crippen LogP contribution < -0.4 is 5.32 Å². The molecular formula is C15H13F4NO3. The normalized spacial score (nSPS) is 18.7. The molecule has 0 saturated carbocycles. The molecule has 0 fully saturated rings. The molecule has 1 aromatic rings. The minimum Gasteiger partial charge on any atom is -0.463 e. The molecule has 1 aliphatic rings. The largest absolute Gasteiger partial charge is 0.463 e. The Kier molecular flexibility index (Phi) is 4.72. The number of nitrogens with one attached hydrogen (secondary N) is 1. The van der Waals surface area contributed by atoms with Crippen LogP contribution in [0.2, 0.25) is 0 Å². The van der Waals surface area contributed by atoms with Gasteiger partial charge in [-0.3, -0.25) is 4.79 Å². The van der Waals surface area contributed by atoms with E-state index in [2.05, 4.69) is 4.74 Å². The number of carbonyl (C=O) groups is 2. The van der Waals surface area contributed by atoms with E-state index in [4.69, 9.17) is 0 Å². The average molecular weight is 331 g/mol. The second-order valence-corrected chi connectivity index (χ2v) is 4.83. The van der Waals surface area contributed by atoms with Crippen LogP contribution >= 0.6 is 0 Å². The van der Waals surface area contributed by atoms with Crippen molar-refractivity contribution < 1.29 is 31.9 Å². The fourth-order valence-corrected chi connectivity index (χ4v) is 2.42. The summed E-state index contributed by atoms with van der Waals surface area (Å²) in [6.45, 7) is 1.29. The van der Waals surface area contributed by atoms with Gasteiger partial charge in [-0.05, 0) is 18.6 Å². The Morgan fingerprint density at radius 3 is 2.57 bits per heavy atom. The van der Waals surface area contributed by atoms with Gasteiger partial charge in [0.25, 0.3) is 0 Å². The summed E-state index contributed by atoms with van der Waals surface area (Å²) in [5.74, 6) is -4.33. The highest BCUT2D eigenvalue weighted by molar-refractivity contribution is 5.96. The molecule has 0 aromatic heterocycles. The lowest BCUT2D eigenvalue weighted by molar-refractivity contribution is -0.142. The van der Waals surface area contributed by atoms with Crippen molar-refractivity contribution in [2.24, 2.45) is 0 Å². The van der Waals surface area contributed by atoms with Crippen molar-refractivity contribution in [3.05, 3.63) is 46.9 Å². The molecular weight excluding hydrogens is 318 g/mol. The van der Waals surface area contributed by atoms with E-state index in [1.807, 2.05) is 0 Å². The predicted octanol–water partition coefficient (Wildman–Crippen LogP) is 2.81. The summed E-state index contributed by atoms with van der Waals surface area (Å²) < 4.78 is 58.2. The molecule has 1 N–H and O–H groups in total. The smallest absolute Gasteiger partial charge is 0.431 e. The van der Waals surface area contributed by atoms with Crippen LogP contribution in [-0.2, 0) is 14.3 Å². The number of alkyl halides is 3. The Morgan fingerprint density at radius 1 is 1.35 bits per heavy atom. The molecule has 2 rings (SSSR count). The van der Waals surface area contributed by atoms with E-state index in [1.165, 1.54) is 25.1 Å². The van der Waals surface area contributed by atoms with Crippen molar-refractivity contribution in [2.75, 3.05) is 6.61 Å². The standard InChI is InChI=1S/C15H13F4NO3/c1-2-23-14(22)12-9(8-5-3-4-6-10(8)16)7-11(21)20-13(12)15(17,18)19/h3-6,9H,2,7H2,1H3,(H,20,21)/t9-/m1/s1. The number of esters is 1. The van der Waals surface area contributed by atoms with Gasteiger partial charge < -0.3 is 10.1 Å². The summed E-state index contributed by atoms with van der Waals surface area (Å²) in [6.07, 6.45) is -5.45. The van der Waals surface area contributed by atoms with Gasteiger partial charge in [0.15, 0.2) is 0 Å². The zero-order valence-corrected chi connectivity index (χ0v) is 12.0. The fraction of sp³-hybridized carbons (Fsp3) is 0.333. The highest BCUT2D eigenvalue weighted by Crippen LogP contribution is 2.39. The molecule has 1 heterocycles. The second-order valence-electron chi connectivity index (χ2n) is 4.83. The lowest BCUT2D eigenvalue weighted by Crippen LogP contribution is -2.41. The van der Waals surface area contributed by atoms with E-state index in [0.717, 1.165) is 6.07 Å².